The van der Waals surface area contributed by atoms with Gasteiger partial charge in [0.15, 0.2) is 0 Å². The third kappa shape index (κ3) is 12.3. The Balaban J connectivity index is 1.67. The van der Waals surface area contributed by atoms with Crippen LogP contribution in [0.2, 0.25) is 0 Å². The number of rotatable bonds is 22. The Labute approximate surface area is 397 Å². The molecular formula is C50H72N4O8S4. The molecule has 0 aliphatic carbocycles. The SMILES string of the molecule is CCN(CCCN(C/C=C\CN(CCCN(CC)S(=O)(=O)c1c(C)cc(C)cc1C)S(=O)(=O)c1c(C)cc(C)cc1C)S(=O)(=O)c1c(C)cc(C)cc1C)S(=O)(=O)c1c(C)cc(C)cc1C. The molecule has 0 radical (unpaired) electrons. The lowest BCUT2D eigenvalue weighted by atomic mass is 10.1. The summed E-state index contributed by atoms with van der Waals surface area (Å²) in [7, 11) is -16.1. The van der Waals surface area contributed by atoms with E-state index in [4.69, 9.17) is 0 Å². The average Bonchev–Trinajstić information content (AvgIpc) is 3.15. The van der Waals surface area contributed by atoms with Crippen molar-refractivity contribution in [2.75, 3.05) is 52.4 Å². The van der Waals surface area contributed by atoms with E-state index in [0.29, 0.717) is 44.5 Å². The minimum absolute atomic E-state index is 0.0116. The summed E-state index contributed by atoms with van der Waals surface area (Å²) in [5, 5.41) is 0. The molecule has 0 saturated carbocycles. The standard InChI is InChI=1S/C50H72N4O8S4/c1-15-51(63(55,56)47-39(7)27-35(3)28-40(47)8)23-19-25-53(65(59,60)49-43(11)31-37(5)32-44(49)12)21-17-18-22-54(66(61,62)50-45(13)33-38(6)34-46(50)14)26-20-24-52(16-2)64(57,58)48-41(9)29-36(4)30-42(48)10/h17-18,27-34H,15-16,19-26H2,1-14H3/b18-17-. The summed E-state index contributed by atoms with van der Waals surface area (Å²) in [6.07, 6.45) is 3.65. The van der Waals surface area contributed by atoms with Gasteiger partial charge in [0.1, 0.15) is 0 Å². The number of hydrogen-bond acceptors (Lipinski definition) is 8. The van der Waals surface area contributed by atoms with Crippen LogP contribution in [0, 0.1) is 83.1 Å². The predicted molar refractivity (Wildman–Crippen MR) is 267 cm³/mol. The van der Waals surface area contributed by atoms with Crippen LogP contribution in [0.15, 0.2) is 80.3 Å². The molecule has 4 aromatic rings. The fourth-order valence-electron chi connectivity index (χ4n) is 9.56. The molecule has 0 heterocycles. The molecule has 0 aliphatic heterocycles. The number of sulfonamides is 4. The summed E-state index contributed by atoms with van der Waals surface area (Å²) in [5.74, 6) is 0. The lowest BCUT2D eigenvalue weighted by Gasteiger charge is -2.27. The molecule has 0 aliphatic rings. The van der Waals surface area contributed by atoms with E-state index >= 15 is 0 Å². The van der Waals surface area contributed by atoms with Crippen LogP contribution in [0.5, 0.6) is 0 Å². The van der Waals surface area contributed by atoms with Crippen LogP contribution >= 0.6 is 0 Å². The van der Waals surface area contributed by atoms with Gasteiger partial charge in [0, 0.05) is 52.4 Å². The third-order valence-electron chi connectivity index (χ3n) is 11.9. The second kappa shape index (κ2) is 22.1. The van der Waals surface area contributed by atoms with Crippen LogP contribution < -0.4 is 0 Å². The van der Waals surface area contributed by atoms with Crippen molar-refractivity contribution in [1.29, 1.82) is 0 Å². The molecular weight excluding hydrogens is 913 g/mol. The van der Waals surface area contributed by atoms with Crippen molar-refractivity contribution >= 4 is 40.1 Å². The molecule has 4 rings (SSSR count). The molecule has 0 bridgehead atoms. The second-order valence-corrected chi connectivity index (χ2v) is 25.3. The van der Waals surface area contributed by atoms with E-state index in [1.54, 1.807) is 81.4 Å². The van der Waals surface area contributed by atoms with Crippen molar-refractivity contribution in [2.45, 2.75) is 129 Å². The monoisotopic (exact) mass is 984 g/mol. The first-order chi connectivity index (χ1) is 30.6. The molecule has 0 unspecified atom stereocenters. The minimum atomic E-state index is -4.13. The molecule has 16 heteroatoms. The Hall–Kier alpha value is -3.74. The van der Waals surface area contributed by atoms with Crippen molar-refractivity contribution in [3.8, 4) is 0 Å². The van der Waals surface area contributed by atoms with E-state index < -0.39 is 40.1 Å². The van der Waals surface area contributed by atoms with E-state index in [0.717, 1.165) is 22.3 Å². The smallest absolute Gasteiger partial charge is 0.207 e. The highest BCUT2D eigenvalue weighted by molar-refractivity contribution is 7.90. The first-order valence-corrected chi connectivity index (χ1v) is 28.4. The maximum absolute atomic E-state index is 14.6. The number of hydrogen-bond donors (Lipinski definition) is 0. The van der Waals surface area contributed by atoms with Crippen molar-refractivity contribution in [2.24, 2.45) is 0 Å². The fraction of sp³-hybridized carbons (Fsp3) is 0.480. The molecule has 12 nitrogen and oxygen atoms in total. The molecule has 0 amide bonds. The van der Waals surface area contributed by atoms with Gasteiger partial charge >= 0.3 is 0 Å². The Morgan fingerprint density at radius 2 is 0.515 bits per heavy atom. The summed E-state index contributed by atoms with van der Waals surface area (Å²) >= 11 is 0. The molecule has 0 fully saturated rings. The van der Waals surface area contributed by atoms with Crippen molar-refractivity contribution in [1.82, 2.24) is 17.2 Å². The van der Waals surface area contributed by atoms with Gasteiger partial charge in [-0.15, -0.1) is 0 Å². The highest BCUT2D eigenvalue weighted by Gasteiger charge is 2.32. The van der Waals surface area contributed by atoms with Crippen LogP contribution in [0.4, 0.5) is 0 Å². The molecule has 0 aromatic heterocycles. The third-order valence-corrected chi connectivity index (χ3v) is 20.8. The predicted octanol–water partition coefficient (Wildman–Crippen LogP) is 8.83. The van der Waals surface area contributed by atoms with Gasteiger partial charge in [-0.25, -0.2) is 33.7 Å². The summed E-state index contributed by atoms with van der Waals surface area (Å²) in [4.78, 5) is 0.857. The van der Waals surface area contributed by atoms with E-state index in [9.17, 15) is 33.7 Å². The van der Waals surface area contributed by atoms with Crippen molar-refractivity contribution in [3.63, 3.8) is 0 Å². The van der Waals surface area contributed by atoms with Gasteiger partial charge in [-0.05, 0) is 140 Å². The molecule has 0 atom stereocenters. The molecule has 0 N–H and O–H groups in total. The Kier molecular flexibility index (Phi) is 18.4. The number of benzene rings is 4. The quantitative estimate of drug-likeness (QED) is 0.0710. The zero-order chi connectivity index (χ0) is 49.7. The average molecular weight is 985 g/mol. The Morgan fingerprint density at radius 3 is 0.712 bits per heavy atom. The highest BCUT2D eigenvalue weighted by Crippen LogP contribution is 2.30. The summed E-state index contributed by atoms with van der Waals surface area (Å²) in [5.41, 5.74) is 8.68. The maximum Gasteiger partial charge on any atom is 0.243 e. The van der Waals surface area contributed by atoms with Crippen LogP contribution in [0.1, 0.15) is 93.5 Å². The molecule has 4 aromatic carbocycles. The van der Waals surface area contributed by atoms with Crippen molar-refractivity contribution in [3.05, 3.63) is 127 Å². The zero-order valence-electron chi connectivity index (χ0n) is 41.5. The summed E-state index contributed by atoms with van der Waals surface area (Å²) in [6, 6.07) is 14.6. The number of nitrogens with zero attached hydrogens (tertiary/aromatic N) is 4. The molecule has 0 spiro atoms. The molecule has 0 saturated heterocycles. The van der Waals surface area contributed by atoms with Crippen LogP contribution in [0.3, 0.4) is 0 Å². The van der Waals surface area contributed by atoms with Crippen LogP contribution in [-0.4, -0.2) is 103 Å². The largest absolute Gasteiger partial charge is 0.243 e. The van der Waals surface area contributed by atoms with E-state index in [2.05, 4.69) is 0 Å². The maximum atomic E-state index is 14.6. The molecule has 66 heavy (non-hydrogen) atoms. The van der Waals surface area contributed by atoms with Gasteiger partial charge < -0.3 is 0 Å². The normalized spacial score (nSPS) is 13.1. The van der Waals surface area contributed by atoms with E-state index in [1.807, 2.05) is 76.2 Å². The second-order valence-electron chi connectivity index (χ2n) is 17.8. The molecule has 364 valence electrons. The Morgan fingerprint density at radius 1 is 0.333 bits per heavy atom. The van der Waals surface area contributed by atoms with Gasteiger partial charge in [-0.3, -0.25) is 0 Å². The first kappa shape index (κ1) is 54.9. The van der Waals surface area contributed by atoms with Crippen LogP contribution in [0.25, 0.3) is 0 Å². The van der Waals surface area contributed by atoms with Gasteiger partial charge in [0.25, 0.3) is 0 Å². The first-order valence-electron chi connectivity index (χ1n) is 22.6. The van der Waals surface area contributed by atoms with Gasteiger partial charge in [0.2, 0.25) is 40.1 Å². The van der Waals surface area contributed by atoms with Crippen molar-refractivity contribution < 1.29 is 33.7 Å². The van der Waals surface area contributed by atoms with Gasteiger partial charge in [-0.1, -0.05) is 96.8 Å². The van der Waals surface area contributed by atoms with E-state index in [-0.39, 0.29) is 84.8 Å². The van der Waals surface area contributed by atoms with Gasteiger partial charge in [0.05, 0.1) is 19.6 Å². The van der Waals surface area contributed by atoms with Gasteiger partial charge in [-0.2, -0.15) is 17.2 Å². The fourth-order valence-corrected chi connectivity index (χ4v) is 17.0. The summed E-state index contributed by atoms with van der Waals surface area (Å²) < 4.78 is 120. The lowest BCUT2D eigenvalue weighted by molar-refractivity contribution is 0.375. The van der Waals surface area contributed by atoms with E-state index in [1.165, 1.54) is 17.2 Å². The Bertz CT molecular complexity index is 2620. The van der Waals surface area contributed by atoms with Crippen LogP contribution in [-0.2, 0) is 40.1 Å². The summed E-state index contributed by atoms with van der Waals surface area (Å²) in [6.45, 7) is 25.6. The lowest BCUT2D eigenvalue weighted by Crippen LogP contribution is -2.38. The number of aryl methyl sites for hydroxylation is 12. The highest BCUT2D eigenvalue weighted by atomic mass is 32.2. The zero-order valence-corrected chi connectivity index (χ0v) is 44.8. The minimum Gasteiger partial charge on any atom is -0.207 e. The topological polar surface area (TPSA) is 150 Å².